The summed E-state index contributed by atoms with van der Waals surface area (Å²) in [5.41, 5.74) is 33.7. The van der Waals surface area contributed by atoms with Crippen molar-refractivity contribution in [1.29, 1.82) is 0 Å². The van der Waals surface area contributed by atoms with Crippen molar-refractivity contribution >= 4 is 128 Å². The molecule has 4 bridgehead atoms. The average Bonchev–Trinajstić information content (AvgIpc) is 0.681. The molecule has 4 heterocycles. The van der Waals surface area contributed by atoms with E-state index >= 15 is 0 Å². The standard InChI is InChI=1S/C115H90BN3/c1-114(2,3)92-58-84-41-37-80-54-88(55-81-38-42-85(59-92)109(84)107(80)81)78-45-47-103-101(66-78)116-102-67-79(89-56-82-39-43-86-60-93(115(4,5)6)61-87-44-40-83(57-89)108(82)110(86)87)46-48-104(102)119(113-99(76-33-21-11-22-34-76)64-91(73-27-15-8-16-28-73)65-100(113)77-35-23-12-24-36-77)106-69-96(117-94-50-70-49-71(52-94)53-95(117)51-70)68-105(111(106)116)118(103)112-97(74-29-17-9-18-30-74)62-90(72-25-13-7-14-26-72)63-98(112)75-31-19-10-20-32-75/h7-48,54-71,94-95H,49-53H2,1-6H3. The highest BCUT2D eigenvalue weighted by Gasteiger charge is 2.50. The van der Waals surface area contributed by atoms with Crippen LogP contribution in [0.3, 0.4) is 0 Å². The lowest BCUT2D eigenvalue weighted by Crippen LogP contribution is -2.62. The van der Waals surface area contributed by atoms with E-state index in [1.807, 2.05) is 0 Å². The minimum Gasteiger partial charge on any atom is -0.365 e. The summed E-state index contributed by atoms with van der Waals surface area (Å²) in [6, 6.07) is 138. The smallest absolute Gasteiger partial charge is 0.252 e. The Morgan fingerprint density at radius 2 is 0.521 bits per heavy atom. The van der Waals surface area contributed by atoms with Crippen molar-refractivity contribution in [3.63, 3.8) is 0 Å². The molecule has 4 heteroatoms. The van der Waals surface area contributed by atoms with Gasteiger partial charge in [-0.05, 0) is 286 Å². The first-order valence-electron chi connectivity index (χ1n) is 43.2. The van der Waals surface area contributed by atoms with Gasteiger partial charge in [0, 0.05) is 62.8 Å². The van der Waals surface area contributed by atoms with Gasteiger partial charge in [0.2, 0.25) is 0 Å². The molecule has 0 spiro atoms. The van der Waals surface area contributed by atoms with E-state index in [0.717, 1.165) is 45.5 Å². The van der Waals surface area contributed by atoms with Crippen molar-refractivity contribution in [2.24, 2.45) is 11.8 Å². The average molecular weight is 1520 g/mol. The highest BCUT2D eigenvalue weighted by Crippen LogP contribution is 2.59. The first kappa shape index (κ1) is 70.0. The van der Waals surface area contributed by atoms with Gasteiger partial charge in [0.15, 0.2) is 0 Å². The third kappa shape index (κ3) is 11.3. The Bertz CT molecular complexity index is 6610. The first-order chi connectivity index (χ1) is 58.2. The van der Waals surface area contributed by atoms with Gasteiger partial charge in [0.25, 0.3) is 6.71 Å². The number of nitrogens with zero attached hydrogens (tertiary/aromatic N) is 3. The molecule has 2 saturated heterocycles. The normalized spacial score (nSPS) is 16.8. The number of anilines is 7. The van der Waals surface area contributed by atoms with E-state index in [1.165, 1.54) is 219 Å². The highest BCUT2D eigenvalue weighted by atomic mass is 15.2. The Hall–Kier alpha value is -13.3. The van der Waals surface area contributed by atoms with Crippen LogP contribution in [0, 0.1) is 11.8 Å². The molecule has 2 aliphatic carbocycles. The van der Waals surface area contributed by atoms with Gasteiger partial charge in [-0.1, -0.05) is 321 Å². The van der Waals surface area contributed by atoms with Crippen molar-refractivity contribution in [3.05, 3.63) is 363 Å². The molecule has 2 saturated carbocycles. The van der Waals surface area contributed by atoms with E-state index in [0.29, 0.717) is 12.1 Å². The van der Waals surface area contributed by atoms with Gasteiger partial charge in [-0.15, -0.1) is 0 Å². The van der Waals surface area contributed by atoms with Gasteiger partial charge in [-0.25, -0.2) is 0 Å². The van der Waals surface area contributed by atoms with Crippen molar-refractivity contribution in [1.82, 2.24) is 0 Å². The molecule has 4 aliphatic heterocycles. The summed E-state index contributed by atoms with van der Waals surface area (Å²) in [6.07, 6.45) is 6.27. The van der Waals surface area contributed by atoms with Gasteiger partial charge in [-0.3, -0.25) is 0 Å². The highest BCUT2D eigenvalue weighted by molar-refractivity contribution is 7.00. The maximum atomic E-state index is 2.97. The Labute approximate surface area is 697 Å². The summed E-state index contributed by atoms with van der Waals surface area (Å²) in [4.78, 5) is 8.57. The number of rotatable bonds is 11. The van der Waals surface area contributed by atoms with Crippen molar-refractivity contribution in [3.8, 4) is 89.0 Å². The van der Waals surface area contributed by atoms with Crippen molar-refractivity contribution in [2.45, 2.75) is 96.6 Å². The second-order valence-corrected chi connectivity index (χ2v) is 37.2. The van der Waals surface area contributed by atoms with E-state index in [1.54, 1.807) is 0 Å². The summed E-state index contributed by atoms with van der Waals surface area (Å²) in [7, 11) is 0. The Morgan fingerprint density at radius 3 is 0.815 bits per heavy atom. The Morgan fingerprint density at radius 1 is 0.244 bits per heavy atom. The van der Waals surface area contributed by atoms with Crippen LogP contribution >= 0.6 is 0 Å². The molecule has 4 fully saturated rings. The molecular weight excluding hydrogens is 1430 g/mol. The van der Waals surface area contributed by atoms with Gasteiger partial charge < -0.3 is 14.7 Å². The third-order valence-electron chi connectivity index (χ3n) is 27.9. The van der Waals surface area contributed by atoms with E-state index in [9.17, 15) is 0 Å². The minimum atomic E-state index is -0.280. The number of benzene rings is 19. The molecule has 6 aliphatic rings. The summed E-state index contributed by atoms with van der Waals surface area (Å²) in [5, 5.41) is 15.6. The van der Waals surface area contributed by atoms with Crippen LogP contribution in [0.1, 0.15) is 84.8 Å². The number of hydrogen-bond acceptors (Lipinski definition) is 3. The molecule has 25 rings (SSSR count). The molecule has 0 radical (unpaired) electrons. The lowest BCUT2D eigenvalue weighted by molar-refractivity contribution is 0.0900. The summed E-state index contributed by atoms with van der Waals surface area (Å²) < 4.78 is 0. The first-order valence-corrected chi connectivity index (χ1v) is 43.2. The fourth-order valence-corrected chi connectivity index (χ4v) is 22.5. The third-order valence-corrected chi connectivity index (χ3v) is 27.9. The summed E-state index contributed by atoms with van der Waals surface area (Å²) >= 11 is 0. The molecule has 0 atom stereocenters. The van der Waals surface area contributed by atoms with E-state index in [-0.39, 0.29) is 17.5 Å². The van der Waals surface area contributed by atoms with Crippen LogP contribution in [0.2, 0.25) is 0 Å². The maximum Gasteiger partial charge on any atom is 0.252 e. The monoisotopic (exact) mass is 1520 g/mol. The van der Waals surface area contributed by atoms with Crippen molar-refractivity contribution in [2.75, 3.05) is 14.7 Å². The van der Waals surface area contributed by atoms with E-state index < -0.39 is 0 Å². The van der Waals surface area contributed by atoms with Crippen LogP contribution in [0.15, 0.2) is 352 Å². The van der Waals surface area contributed by atoms with Crippen LogP contribution in [0.4, 0.5) is 39.8 Å². The Kier molecular flexibility index (Phi) is 15.7. The second kappa shape index (κ2) is 26.6. The fourth-order valence-electron chi connectivity index (χ4n) is 22.5. The van der Waals surface area contributed by atoms with Crippen molar-refractivity contribution < 1.29 is 0 Å². The van der Waals surface area contributed by atoms with Gasteiger partial charge in [0.1, 0.15) is 0 Å². The molecule has 119 heavy (non-hydrogen) atoms. The number of fused-ring (bicyclic) bond motifs is 4. The predicted octanol–water partition coefficient (Wildman–Crippen LogP) is 29.3. The van der Waals surface area contributed by atoms with E-state index in [2.05, 4.69) is 408 Å². The molecule has 3 nitrogen and oxygen atoms in total. The zero-order chi connectivity index (χ0) is 79.3. The summed E-state index contributed by atoms with van der Waals surface area (Å²) in [5.74, 6) is 1.51. The number of hydrogen-bond donors (Lipinski definition) is 0. The zero-order valence-corrected chi connectivity index (χ0v) is 68.3. The number of piperidine rings is 2. The molecule has 19 aromatic rings. The van der Waals surface area contributed by atoms with E-state index in [4.69, 9.17) is 0 Å². The molecule has 0 amide bonds. The zero-order valence-electron chi connectivity index (χ0n) is 68.3. The quantitative estimate of drug-likeness (QED) is 0.0944. The van der Waals surface area contributed by atoms with Crippen LogP contribution in [0.25, 0.3) is 154 Å². The molecule has 19 aromatic carbocycles. The molecular formula is C115H90BN3. The minimum absolute atomic E-state index is 0.0121. The topological polar surface area (TPSA) is 9.72 Å². The van der Waals surface area contributed by atoms with Crippen LogP contribution < -0.4 is 31.1 Å². The Balaban J connectivity index is 0.845. The second-order valence-electron chi connectivity index (χ2n) is 37.2. The predicted molar refractivity (Wildman–Crippen MR) is 509 cm³/mol. The van der Waals surface area contributed by atoms with Gasteiger partial charge in [-0.2, -0.15) is 0 Å². The van der Waals surface area contributed by atoms with Crippen LogP contribution in [-0.4, -0.2) is 18.8 Å². The summed E-state index contributed by atoms with van der Waals surface area (Å²) in [6.45, 7) is 13.7. The van der Waals surface area contributed by atoms with Crippen LogP contribution in [-0.2, 0) is 10.8 Å². The lowest BCUT2D eigenvalue weighted by Gasteiger charge is -2.58. The molecule has 0 N–H and O–H groups in total. The maximum absolute atomic E-state index is 2.97. The van der Waals surface area contributed by atoms with Gasteiger partial charge >= 0.3 is 0 Å². The van der Waals surface area contributed by atoms with Crippen LogP contribution in [0.5, 0.6) is 0 Å². The lowest BCUT2D eigenvalue weighted by atomic mass is 9.33. The SMILES string of the molecule is CC(C)(C)c1cc2ccc3cc(-c4ccc5c(c4)B4c6cc(-c7cc8ccc9cc(C(C)(C)C)cc%10ccc(c7)c8c9%10)ccc6N(c6c(-c7ccccc7)cc(-c7ccccc7)cc6-c6ccccc6)c6cc(N7C8CC9CC(C8)CC7C9)cc(c64)N5c4c(-c5ccccc5)cc(-c5ccccc5)cc4-c4ccccc4)cc4ccc(c1)c2c34. The fraction of sp³-hybridized carbons (Fsp3) is 0.148. The molecule has 0 aromatic heterocycles. The van der Waals surface area contributed by atoms with Gasteiger partial charge in [0.05, 0.1) is 11.4 Å². The molecule has 568 valence electrons. The molecule has 0 unspecified atom stereocenters. The largest absolute Gasteiger partial charge is 0.365 e.